The second kappa shape index (κ2) is 8.34. The summed E-state index contributed by atoms with van der Waals surface area (Å²) in [6.07, 6.45) is 5.35. The van der Waals surface area contributed by atoms with Gasteiger partial charge in [-0.15, -0.1) is 5.10 Å². The molecule has 2 aromatic carbocycles. The predicted molar refractivity (Wildman–Crippen MR) is 103 cm³/mol. The maximum absolute atomic E-state index is 12.9. The molecule has 0 fully saturated rings. The minimum atomic E-state index is -0.137. The number of nitrogens with zero attached hydrogens (tertiary/aromatic N) is 5. The van der Waals surface area contributed by atoms with Gasteiger partial charge in [0, 0.05) is 18.3 Å². The minimum Gasteiger partial charge on any atom is -0.486 e. The second-order valence-electron chi connectivity index (χ2n) is 6.15. The van der Waals surface area contributed by atoms with E-state index >= 15 is 0 Å². The van der Waals surface area contributed by atoms with E-state index < -0.39 is 0 Å². The summed E-state index contributed by atoms with van der Waals surface area (Å²) in [6.45, 7) is 1.45. The quantitative estimate of drug-likeness (QED) is 0.655. The van der Waals surface area contributed by atoms with Crippen molar-refractivity contribution in [3.63, 3.8) is 0 Å². The van der Waals surface area contributed by atoms with E-state index in [4.69, 9.17) is 9.47 Å². The van der Waals surface area contributed by atoms with E-state index in [9.17, 15) is 4.79 Å². The molecule has 2 heterocycles. The third-order valence-electron chi connectivity index (χ3n) is 4.23. The van der Waals surface area contributed by atoms with Crippen molar-refractivity contribution < 1.29 is 14.3 Å². The van der Waals surface area contributed by atoms with Crippen LogP contribution in [-0.4, -0.2) is 45.9 Å². The number of hydrogen-bond acceptors (Lipinski definition) is 6. The van der Waals surface area contributed by atoms with Crippen molar-refractivity contribution in [3.05, 3.63) is 66.5 Å². The Morgan fingerprint density at radius 3 is 2.71 bits per heavy atom. The van der Waals surface area contributed by atoms with Gasteiger partial charge >= 0.3 is 0 Å². The molecular weight excluding hydrogens is 358 g/mol. The minimum absolute atomic E-state index is 0.0423. The average Bonchev–Trinajstić information content (AvgIpc) is 3.24. The van der Waals surface area contributed by atoms with Crippen LogP contribution in [0.1, 0.15) is 5.56 Å². The molecule has 0 spiro atoms. The van der Waals surface area contributed by atoms with Crippen molar-refractivity contribution >= 4 is 17.7 Å². The number of anilines is 1. The lowest BCUT2D eigenvalue weighted by Gasteiger charge is -2.24. The first kappa shape index (κ1) is 17.7. The van der Waals surface area contributed by atoms with Crippen molar-refractivity contribution in [2.45, 2.75) is 6.54 Å². The predicted octanol–water partition coefficient (Wildman–Crippen LogP) is 2.19. The molecule has 0 aliphatic carbocycles. The number of hydrogen-bond donors (Lipinski definition) is 0. The number of amides is 1. The summed E-state index contributed by atoms with van der Waals surface area (Å²) in [7, 11) is 0. The Labute approximate surface area is 162 Å². The number of benzene rings is 2. The molecule has 4 rings (SSSR count). The van der Waals surface area contributed by atoms with Crippen LogP contribution in [0.3, 0.4) is 0 Å². The number of rotatable bonds is 6. The summed E-state index contributed by atoms with van der Waals surface area (Å²) in [5.41, 5.74) is 1.79. The molecule has 1 aliphatic heterocycles. The van der Waals surface area contributed by atoms with Gasteiger partial charge in [0.15, 0.2) is 11.5 Å². The Morgan fingerprint density at radius 1 is 1.11 bits per heavy atom. The van der Waals surface area contributed by atoms with Crippen LogP contribution in [0.25, 0.3) is 6.08 Å². The van der Waals surface area contributed by atoms with Crippen LogP contribution in [-0.2, 0) is 11.3 Å². The van der Waals surface area contributed by atoms with E-state index in [1.54, 1.807) is 4.90 Å². The molecule has 8 heteroatoms. The van der Waals surface area contributed by atoms with E-state index in [0.717, 1.165) is 11.3 Å². The summed E-state index contributed by atoms with van der Waals surface area (Å²) in [5, 5.41) is 10.9. The molecule has 1 aromatic heterocycles. The lowest BCUT2D eigenvalue weighted by molar-refractivity contribution is -0.119. The third-order valence-corrected chi connectivity index (χ3v) is 4.23. The third kappa shape index (κ3) is 4.17. The zero-order valence-corrected chi connectivity index (χ0v) is 15.1. The van der Waals surface area contributed by atoms with E-state index in [1.165, 1.54) is 11.0 Å². The van der Waals surface area contributed by atoms with Crippen LogP contribution in [0.2, 0.25) is 0 Å². The van der Waals surface area contributed by atoms with Gasteiger partial charge in [0.25, 0.3) is 0 Å². The van der Waals surface area contributed by atoms with Gasteiger partial charge in [-0.1, -0.05) is 42.5 Å². The number of tetrazole rings is 1. The van der Waals surface area contributed by atoms with Crippen LogP contribution in [0.4, 0.5) is 5.69 Å². The average molecular weight is 377 g/mol. The van der Waals surface area contributed by atoms with Gasteiger partial charge in [-0.05, 0) is 28.1 Å². The highest BCUT2D eigenvalue weighted by molar-refractivity contribution is 5.94. The summed E-state index contributed by atoms with van der Waals surface area (Å²) < 4.78 is 12.6. The highest BCUT2D eigenvalue weighted by Crippen LogP contribution is 2.34. The molecule has 8 nitrogen and oxygen atoms in total. The number of aromatic nitrogens is 4. The van der Waals surface area contributed by atoms with Crippen LogP contribution < -0.4 is 14.4 Å². The SMILES string of the molecule is O=C(Cn1cnnn1)N(C/C=C/c1ccccc1)c1ccc2c(c1)OCCO2. The Kier molecular flexibility index (Phi) is 5.28. The Morgan fingerprint density at radius 2 is 1.93 bits per heavy atom. The molecular formula is C20H19N5O3. The molecule has 0 bridgehead atoms. The van der Waals surface area contributed by atoms with Gasteiger partial charge in [-0.25, -0.2) is 4.68 Å². The van der Waals surface area contributed by atoms with Gasteiger partial charge in [0.05, 0.1) is 0 Å². The highest BCUT2D eigenvalue weighted by atomic mass is 16.6. The van der Waals surface area contributed by atoms with Crippen molar-refractivity contribution in [2.75, 3.05) is 24.7 Å². The fourth-order valence-electron chi connectivity index (χ4n) is 2.89. The molecule has 3 aromatic rings. The van der Waals surface area contributed by atoms with Gasteiger partial charge in [-0.3, -0.25) is 4.79 Å². The molecule has 1 amide bonds. The van der Waals surface area contributed by atoms with Crippen LogP contribution in [0.15, 0.2) is 60.9 Å². The summed E-state index contributed by atoms with van der Waals surface area (Å²) in [6, 6.07) is 15.4. The monoisotopic (exact) mass is 377 g/mol. The Bertz CT molecular complexity index is 957. The first-order chi connectivity index (χ1) is 13.8. The fourth-order valence-corrected chi connectivity index (χ4v) is 2.89. The molecule has 0 radical (unpaired) electrons. The first-order valence-corrected chi connectivity index (χ1v) is 8.92. The smallest absolute Gasteiger partial charge is 0.249 e. The Balaban J connectivity index is 1.57. The number of fused-ring (bicyclic) bond motifs is 1. The summed E-state index contributed by atoms with van der Waals surface area (Å²) in [4.78, 5) is 14.6. The molecule has 28 heavy (non-hydrogen) atoms. The molecule has 0 saturated carbocycles. The van der Waals surface area contributed by atoms with Crippen molar-refractivity contribution in [3.8, 4) is 11.5 Å². The zero-order chi connectivity index (χ0) is 19.2. The molecule has 0 atom stereocenters. The molecule has 142 valence electrons. The second-order valence-corrected chi connectivity index (χ2v) is 6.15. The standard InChI is InChI=1S/C20H19N5O3/c26-20(14-24-15-21-22-23-24)25(10-4-7-16-5-2-1-3-6-16)17-8-9-18-19(13-17)28-12-11-27-18/h1-9,13,15H,10-12,14H2/b7-4+. The summed E-state index contributed by atoms with van der Waals surface area (Å²) in [5.74, 6) is 1.18. The highest BCUT2D eigenvalue weighted by Gasteiger charge is 2.19. The maximum Gasteiger partial charge on any atom is 0.249 e. The maximum atomic E-state index is 12.9. The number of carbonyl (C=O) groups excluding carboxylic acids is 1. The van der Waals surface area contributed by atoms with E-state index in [-0.39, 0.29) is 12.5 Å². The van der Waals surface area contributed by atoms with Crippen LogP contribution in [0.5, 0.6) is 11.5 Å². The van der Waals surface area contributed by atoms with Gasteiger partial charge in [0.2, 0.25) is 5.91 Å². The van der Waals surface area contributed by atoms with Crippen molar-refractivity contribution in [1.82, 2.24) is 20.2 Å². The summed E-state index contributed by atoms with van der Waals surface area (Å²) >= 11 is 0. The lowest BCUT2D eigenvalue weighted by Crippen LogP contribution is -2.34. The molecule has 0 N–H and O–H groups in total. The van der Waals surface area contributed by atoms with E-state index in [1.807, 2.05) is 60.7 Å². The van der Waals surface area contributed by atoms with Gasteiger partial charge < -0.3 is 14.4 Å². The first-order valence-electron chi connectivity index (χ1n) is 8.92. The normalized spacial score (nSPS) is 12.9. The van der Waals surface area contributed by atoms with Crippen LogP contribution >= 0.6 is 0 Å². The van der Waals surface area contributed by atoms with Gasteiger partial charge in [-0.2, -0.15) is 0 Å². The molecule has 1 aliphatic rings. The number of carbonyl (C=O) groups is 1. The topological polar surface area (TPSA) is 82.4 Å². The van der Waals surface area contributed by atoms with Crippen LogP contribution in [0, 0.1) is 0 Å². The molecule has 0 saturated heterocycles. The fraction of sp³-hybridized carbons (Fsp3) is 0.200. The largest absolute Gasteiger partial charge is 0.486 e. The van der Waals surface area contributed by atoms with Gasteiger partial charge in [0.1, 0.15) is 26.1 Å². The lowest BCUT2D eigenvalue weighted by atomic mass is 10.2. The zero-order valence-electron chi connectivity index (χ0n) is 15.1. The van der Waals surface area contributed by atoms with E-state index in [0.29, 0.717) is 31.3 Å². The van der Waals surface area contributed by atoms with Crippen molar-refractivity contribution in [2.24, 2.45) is 0 Å². The number of ether oxygens (including phenoxy) is 2. The van der Waals surface area contributed by atoms with E-state index in [2.05, 4.69) is 15.5 Å². The van der Waals surface area contributed by atoms with Crippen molar-refractivity contribution in [1.29, 1.82) is 0 Å². The molecule has 0 unspecified atom stereocenters. The Hall–Kier alpha value is -3.68.